The van der Waals surface area contributed by atoms with Gasteiger partial charge in [0.15, 0.2) is 17.5 Å². The van der Waals surface area contributed by atoms with Crippen LogP contribution in [0.15, 0.2) is 243 Å². The maximum atomic E-state index is 10.2. The van der Waals surface area contributed by atoms with E-state index in [2.05, 4.69) is 203 Å². The summed E-state index contributed by atoms with van der Waals surface area (Å²) in [5.74, 6) is 1.72. The Morgan fingerprint density at radius 1 is 0.333 bits per heavy atom. The van der Waals surface area contributed by atoms with E-state index in [4.69, 9.17) is 15.0 Å². The molecule has 0 unspecified atom stereocenters. The second kappa shape index (κ2) is 17.5. The van der Waals surface area contributed by atoms with Gasteiger partial charge in [-0.3, -0.25) is 0 Å². The molecule has 0 fully saturated rings. The summed E-state index contributed by atoms with van der Waals surface area (Å²) in [7, 11) is 0. The average molecular weight is 1030 g/mol. The normalized spacial score (nSPS) is 11.8. The van der Waals surface area contributed by atoms with Crippen LogP contribution in [0.2, 0.25) is 0 Å². The Morgan fingerprint density at radius 2 is 0.846 bits per heavy atom. The lowest BCUT2D eigenvalue weighted by molar-refractivity contribution is 1.07. The van der Waals surface area contributed by atoms with Gasteiger partial charge in [-0.2, -0.15) is 5.26 Å². The molecule has 16 rings (SSSR count). The molecule has 0 aliphatic rings. The number of nitrogens with zero attached hydrogens (tertiary/aromatic N) is 6. The summed E-state index contributed by atoms with van der Waals surface area (Å²) in [6, 6.07) is 88.5. The lowest BCUT2D eigenvalue weighted by Gasteiger charge is -2.20. The van der Waals surface area contributed by atoms with Crippen LogP contribution >= 0.6 is 22.7 Å². The van der Waals surface area contributed by atoms with Crippen molar-refractivity contribution in [2.75, 3.05) is 0 Å². The van der Waals surface area contributed by atoms with Crippen LogP contribution in [0, 0.1) is 11.3 Å². The van der Waals surface area contributed by atoms with Gasteiger partial charge in [-0.1, -0.05) is 164 Å². The van der Waals surface area contributed by atoms with Crippen molar-refractivity contribution in [2.45, 2.75) is 0 Å². The minimum Gasteiger partial charge on any atom is -0.309 e. The minimum atomic E-state index is 0.551. The quantitative estimate of drug-likeness (QED) is 0.159. The van der Waals surface area contributed by atoms with Crippen LogP contribution < -0.4 is 0 Å². The molecule has 0 saturated carbocycles. The van der Waals surface area contributed by atoms with E-state index in [-0.39, 0.29) is 0 Å². The zero-order valence-electron chi connectivity index (χ0n) is 41.6. The average Bonchev–Trinajstić information content (AvgIpc) is 4.47. The number of aromatic nitrogens is 5. The van der Waals surface area contributed by atoms with Crippen LogP contribution in [0.4, 0.5) is 0 Å². The summed E-state index contributed by atoms with van der Waals surface area (Å²) in [5, 5.41) is 20.1. The fraction of sp³-hybridized carbons (Fsp3) is 0. The van der Waals surface area contributed by atoms with Crippen molar-refractivity contribution in [3.05, 3.63) is 248 Å². The van der Waals surface area contributed by atoms with Crippen molar-refractivity contribution < 1.29 is 0 Å². The highest BCUT2D eigenvalue weighted by atomic mass is 32.1. The monoisotopic (exact) mass is 1030 g/mol. The van der Waals surface area contributed by atoms with Gasteiger partial charge >= 0.3 is 0 Å². The van der Waals surface area contributed by atoms with Crippen LogP contribution in [0.5, 0.6) is 0 Å². The van der Waals surface area contributed by atoms with E-state index >= 15 is 0 Å². The molecule has 11 aromatic carbocycles. The predicted octanol–water partition coefficient (Wildman–Crippen LogP) is 19.0. The Bertz CT molecular complexity index is 5120. The molecule has 8 heteroatoms. The van der Waals surface area contributed by atoms with Crippen molar-refractivity contribution in [1.82, 2.24) is 24.1 Å². The van der Waals surface area contributed by atoms with E-state index in [1.54, 1.807) is 0 Å². The van der Waals surface area contributed by atoms with Crippen LogP contribution in [-0.2, 0) is 0 Å². The van der Waals surface area contributed by atoms with Crippen molar-refractivity contribution in [3.8, 4) is 73.9 Å². The third kappa shape index (κ3) is 6.82. The van der Waals surface area contributed by atoms with Crippen LogP contribution in [0.3, 0.4) is 0 Å². The summed E-state index contributed by atoms with van der Waals surface area (Å²) >= 11 is 3.72. The molecule has 16 aromatic rings. The van der Waals surface area contributed by atoms with Crippen molar-refractivity contribution in [3.63, 3.8) is 0 Å². The number of rotatable bonds is 7. The SMILES string of the molecule is N#Cc1cccc(-c2ccc(-n3c4ccccc4c4c5sc6ccccc6c5ccc43)c(-c3cc(-n4c5ccccc5c5c6sc7ccccc7c6ccc54)ccc3-c3nc(-c4ccccc4)nc(-c4ccccc4)n3)c2)c1. The Kier molecular flexibility index (Phi) is 9.94. The smallest absolute Gasteiger partial charge is 0.164 e. The summed E-state index contributed by atoms with van der Waals surface area (Å²) in [5.41, 5.74) is 13.5. The van der Waals surface area contributed by atoms with Crippen LogP contribution in [-0.4, -0.2) is 24.1 Å². The van der Waals surface area contributed by atoms with E-state index in [1.165, 1.54) is 61.9 Å². The maximum absolute atomic E-state index is 10.2. The second-order valence-electron chi connectivity index (χ2n) is 19.8. The Labute approximate surface area is 455 Å². The van der Waals surface area contributed by atoms with Crippen LogP contribution in [0.1, 0.15) is 5.56 Å². The van der Waals surface area contributed by atoms with Gasteiger partial charge < -0.3 is 9.13 Å². The van der Waals surface area contributed by atoms with Gasteiger partial charge in [0.2, 0.25) is 0 Å². The number of benzene rings is 11. The molecule has 5 aromatic heterocycles. The van der Waals surface area contributed by atoms with Gasteiger partial charge in [-0.05, 0) is 95.6 Å². The molecule has 0 aliphatic carbocycles. The first-order valence-corrected chi connectivity index (χ1v) is 27.6. The summed E-state index contributed by atoms with van der Waals surface area (Å²) < 4.78 is 9.97. The van der Waals surface area contributed by atoms with E-state index in [0.29, 0.717) is 23.0 Å². The van der Waals surface area contributed by atoms with Crippen LogP contribution in [0.25, 0.3) is 152 Å². The van der Waals surface area contributed by atoms with E-state index in [1.807, 2.05) is 77.3 Å². The molecule has 78 heavy (non-hydrogen) atoms. The first kappa shape index (κ1) is 44.3. The molecule has 0 amide bonds. The molecule has 0 spiro atoms. The molecule has 5 heterocycles. The van der Waals surface area contributed by atoms with Crippen molar-refractivity contribution in [2.24, 2.45) is 0 Å². The number of hydrogen-bond donors (Lipinski definition) is 0. The third-order valence-corrected chi connectivity index (χ3v) is 17.8. The Balaban J connectivity index is 1.04. The second-order valence-corrected chi connectivity index (χ2v) is 21.9. The molecular formula is C70H40N6S2. The first-order valence-electron chi connectivity index (χ1n) is 26.0. The number of fused-ring (bicyclic) bond motifs is 14. The molecule has 0 saturated heterocycles. The highest BCUT2D eigenvalue weighted by Gasteiger charge is 2.25. The zero-order valence-corrected chi connectivity index (χ0v) is 43.2. The van der Waals surface area contributed by atoms with E-state index in [9.17, 15) is 5.26 Å². The highest BCUT2D eigenvalue weighted by Crippen LogP contribution is 2.48. The largest absolute Gasteiger partial charge is 0.309 e. The molecule has 0 bridgehead atoms. The lowest BCUT2D eigenvalue weighted by Crippen LogP contribution is -2.04. The summed E-state index contributed by atoms with van der Waals surface area (Å²) in [6.45, 7) is 0. The van der Waals surface area contributed by atoms with Gasteiger partial charge in [0.05, 0.1) is 39.4 Å². The summed E-state index contributed by atoms with van der Waals surface area (Å²) in [6.07, 6.45) is 0. The number of nitriles is 1. The molecule has 0 atom stereocenters. The fourth-order valence-corrected chi connectivity index (χ4v) is 14.4. The van der Waals surface area contributed by atoms with Gasteiger partial charge in [0.25, 0.3) is 0 Å². The summed E-state index contributed by atoms with van der Waals surface area (Å²) in [4.78, 5) is 16.0. The minimum absolute atomic E-state index is 0.551. The maximum Gasteiger partial charge on any atom is 0.164 e. The van der Waals surface area contributed by atoms with E-state index < -0.39 is 0 Å². The molecule has 6 nitrogen and oxygen atoms in total. The van der Waals surface area contributed by atoms with Gasteiger partial charge in [0, 0.05) is 89.8 Å². The van der Waals surface area contributed by atoms with Gasteiger partial charge in [0.1, 0.15) is 0 Å². The molecule has 0 aliphatic heterocycles. The number of thiophene rings is 2. The van der Waals surface area contributed by atoms with Crippen molar-refractivity contribution >= 4 is 107 Å². The molecule has 362 valence electrons. The van der Waals surface area contributed by atoms with E-state index in [0.717, 1.165) is 72.4 Å². The fourth-order valence-electron chi connectivity index (χ4n) is 11.9. The molecule has 0 N–H and O–H groups in total. The number of para-hydroxylation sites is 2. The van der Waals surface area contributed by atoms with Crippen molar-refractivity contribution in [1.29, 1.82) is 5.26 Å². The van der Waals surface area contributed by atoms with Gasteiger partial charge in [-0.15, -0.1) is 22.7 Å². The molecular weight excluding hydrogens is 989 g/mol. The predicted molar refractivity (Wildman–Crippen MR) is 326 cm³/mol. The first-order chi connectivity index (χ1) is 38.6. The lowest BCUT2D eigenvalue weighted by atomic mass is 9.92. The topological polar surface area (TPSA) is 72.3 Å². The Morgan fingerprint density at radius 3 is 1.46 bits per heavy atom. The molecule has 0 radical (unpaired) electrons. The Hall–Kier alpha value is -10.0. The highest BCUT2D eigenvalue weighted by molar-refractivity contribution is 7.27. The third-order valence-electron chi connectivity index (χ3n) is 15.4. The number of hydrogen-bond acceptors (Lipinski definition) is 6. The standard InChI is InChI=1S/C70H40N6S2/c71-41-42-16-15-21-45(38-42)46-30-35-59(76-58-27-12-8-25-54(58)65-61(76)37-34-51-49-23-10-14-29-63(49)78-67(51)65)56(39-46)55-40-47(31-32-52(55)70-73-68(43-17-3-1-4-18-43)72-69(74-70)44-19-5-2-6-20-44)75-57-26-11-7-24-53(57)64-60(75)36-33-50-48-22-9-13-28-62(48)77-66(50)64/h1-40H. The van der Waals surface area contributed by atoms with Gasteiger partial charge in [-0.25, -0.2) is 15.0 Å². The zero-order chi connectivity index (χ0) is 51.4.